The van der Waals surface area contributed by atoms with Crippen LogP contribution in [0.5, 0.6) is 0 Å². The van der Waals surface area contributed by atoms with E-state index in [0.29, 0.717) is 17.5 Å². The Morgan fingerprint density at radius 1 is 0.952 bits per heavy atom. The number of rotatable bonds is 5. The maximum Gasteiger partial charge on any atom is 0.130 e. The van der Waals surface area contributed by atoms with Crippen LogP contribution in [0.25, 0.3) is 0 Å². The number of hydrogen-bond acceptors (Lipinski definition) is 1. The molecule has 2 rings (SSSR count). The van der Waals surface area contributed by atoms with Gasteiger partial charge in [-0.1, -0.05) is 24.3 Å². The number of hydrogen-bond donors (Lipinski definition) is 1. The molecule has 1 N–H and O–H groups in total. The largest absolute Gasteiger partial charge is 0.307 e. The second-order valence-corrected chi connectivity index (χ2v) is 5.25. The molecule has 1 nitrogen and oxygen atoms in total. The van der Waals surface area contributed by atoms with E-state index in [1.165, 1.54) is 18.2 Å². The molecule has 0 saturated carbocycles. The Labute approximate surface area is 122 Å². The van der Waals surface area contributed by atoms with Crippen molar-refractivity contribution in [3.8, 4) is 0 Å². The van der Waals surface area contributed by atoms with E-state index in [9.17, 15) is 13.2 Å². The van der Waals surface area contributed by atoms with E-state index in [1.807, 2.05) is 6.92 Å². The van der Waals surface area contributed by atoms with Crippen molar-refractivity contribution in [1.29, 1.82) is 0 Å². The second kappa shape index (κ2) is 6.76. The van der Waals surface area contributed by atoms with Gasteiger partial charge in [0.15, 0.2) is 0 Å². The zero-order valence-electron chi connectivity index (χ0n) is 12.0. The first-order chi connectivity index (χ1) is 9.97. The molecule has 0 radical (unpaired) electrons. The van der Waals surface area contributed by atoms with E-state index in [-0.39, 0.29) is 17.9 Å². The van der Waals surface area contributed by atoms with E-state index in [4.69, 9.17) is 0 Å². The fraction of sp³-hybridized carbons (Fsp3) is 0.294. The van der Waals surface area contributed by atoms with Crippen molar-refractivity contribution in [3.63, 3.8) is 0 Å². The van der Waals surface area contributed by atoms with Gasteiger partial charge >= 0.3 is 0 Å². The quantitative estimate of drug-likeness (QED) is 0.862. The molecule has 0 heterocycles. The van der Waals surface area contributed by atoms with Gasteiger partial charge in [-0.25, -0.2) is 13.2 Å². The molecule has 21 heavy (non-hydrogen) atoms. The summed E-state index contributed by atoms with van der Waals surface area (Å²) in [7, 11) is 0. The SMILES string of the molecule is CC(Cc1ccccc1F)NC(C)c1ccc(F)cc1F. The van der Waals surface area contributed by atoms with Crippen molar-refractivity contribution in [1.82, 2.24) is 5.32 Å². The first-order valence-corrected chi connectivity index (χ1v) is 6.91. The van der Waals surface area contributed by atoms with Crippen LogP contribution in [-0.4, -0.2) is 6.04 Å². The molecule has 0 aliphatic heterocycles. The van der Waals surface area contributed by atoms with Gasteiger partial charge in [0.1, 0.15) is 17.5 Å². The molecule has 2 atom stereocenters. The number of benzene rings is 2. The Balaban J connectivity index is 2.02. The highest BCUT2D eigenvalue weighted by molar-refractivity contribution is 5.22. The summed E-state index contributed by atoms with van der Waals surface area (Å²) >= 11 is 0. The van der Waals surface area contributed by atoms with Gasteiger partial charge in [0, 0.05) is 23.7 Å². The van der Waals surface area contributed by atoms with Gasteiger partial charge in [-0.3, -0.25) is 0 Å². The molecule has 2 aromatic carbocycles. The lowest BCUT2D eigenvalue weighted by Gasteiger charge is -2.21. The van der Waals surface area contributed by atoms with E-state index in [2.05, 4.69) is 5.32 Å². The number of nitrogens with one attached hydrogen (secondary N) is 1. The molecule has 0 fully saturated rings. The molecule has 0 aliphatic carbocycles. The van der Waals surface area contributed by atoms with E-state index in [1.54, 1.807) is 25.1 Å². The predicted octanol–water partition coefficient (Wildman–Crippen LogP) is 4.39. The van der Waals surface area contributed by atoms with Gasteiger partial charge in [0.2, 0.25) is 0 Å². The third kappa shape index (κ3) is 4.08. The van der Waals surface area contributed by atoms with E-state index in [0.717, 1.165) is 6.07 Å². The summed E-state index contributed by atoms with van der Waals surface area (Å²) in [4.78, 5) is 0. The normalized spacial score (nSPS) is 14.0. The third-order valence-electron chi connectivity index (χ3n) is 3.45. The van der Waals surface area contributed by atoms with E-state index >= 15 is 0 Å². The molecule has 2 aromatic rings. The summed E-state index contributed by atoms with van der Waals surface area (Å²) < 4.78 is 40.2. The Morgan fingerprint density at radius 3 is 2.33 bits per heavy atom. The molecule has 0 saturated heterocycles. The van der Waals surface area contributed by atoms with Crippen molar-refractivity contribution < 1.29 is 13.2 Å². The van der Waals surface area contributed by atoms with Crippen LogP contribution in [-0.2, 0) is 6.42 Å². The van der Waals surface area contributed by atoms with Crippen LogP contribution in [0, 0.1) is 17.5 Å². The monoisotopic (exact) mass is 293 g/mol. The topological polar surface area (TPSA) is 12.0 Å². The maximum atomic E-state index is 13.7. The van der Waals surface area contributed by atoms with Gasteiger partial charge < -0.3 is 5.32 Å². The summed E-state index contributed by atoms with van der Waals surface area (Å²) in [6.45, 7) is 3.71. The zero-order valence-corrected chi connectivity index (χ0v) is 12.0. The minimum atomic E-state index is -0.595. The van der Waals surface area contributed by atoms with Gasteiger partial charge in [0.25, 0.3) is 0 Å². The van der Waals surface area contributed by atoms with Crippen LogP contribution >= 0.6 is 0 Å². The highest BCUT2D eigenvalue weighted by Gasteiger charge is 2.15. The first-order valence-electron chi connectivity index (χ1n) is 6.91. The van der Waals surface area contributed by atoms with Crippen LogP contribution in [0.4, 0.5) is 13.2 Å². The van der Waals surface area contributed by atoms with E-state index < -0.39 is 11.6 Å². The van der Waals surface area contributed by atoms with Crippen molar-refractivity contribution >= 4 is 0 Å². The Morgan fingerprint density at radius 2 is 1.67 bits per heavy atom. The Kier molecular flexibility index (Phi) is 5.02. The lowest BCUT2D eigenvalue weighted by atomic mass is 10.0. The Hall–Kier alpha value is -1.81. The molecule has 0 bridgehead atoms. The third-order valence-corrected chi connectivity index (χ3v) is 3.45. The smallest absolute Gasteiger partial charge is 0.130 e. The van der Waals surface area contributed by atoms with Gasteiger partial charge in [-0.15, -0.1) is 0 Å². The van der Waals surface area contributed by atoms with Crippen LogP contribution in [0.3, 0.4) is 0 Å². The lowest BCUT2D eigenvalue weighted by Crippen LogP contribution is -2.31. The van der Waals surface area contributed by atoms with Gasteiger partial charge in [0.05, 0.1) is 0 Å². The fourth-order valence-corrected chi connectivity index (χ4v) is 2.42. The molecule has 0 amide bonds. The van der Waals surface area contributed by atoms with Gasteiger partial charge in [-0.05, 0) is 38.0 Å². The maximum absolute atomic E-state index is 13.7. The molecule has 4 heteroatoms. The minimum absolute atomic E-state index is 0.0404. The molecular weight excluding hydrogens is 275 g/mol. The molecule has 0 spiro atoms. The molecular formula is C17H18F3N. The van der Waals surface area contributed by atoms with Crippen LogP contribution in [0.1, 0.15) is 31.0 Å². The molecule has 112 valence electrons. The summed E-state index contributed by atoms with van der Waals surface area (Å²) in [6.07, 6.45) is 0.500. The average molecular weight is 293 g/mol. The molecule has 0 aromatic heterocycles. The summed E-state index contributed by atoms with van der Waals surface area (Å²) in [5.41, 5.74) is 1.01. The highest BCUT2D eigenvalue weighted by Crippen LogP contribution is 2.19. The summed E-state index contributed by atoms with van der Waals surface area (Å²) in [5, 5.41) is 3.20. The van der Waals surface area contributed by atoms with Crippen LogP contribution in [0.15, 0.2) is 42.5 Å². The minimum Gasteiger partial charge on any atom is -0.307 e. The second-order valence-electron chi connectivity index (χ2n) is 5.25. The van der Waals surface area contributed by atoms with Crippen molar-refractivity contribution in [3.05, 3.63) is 71.0 Å². The fourth-order valence-electron chi connectivity index (χ4n) is 2.42. The first kappa shape index (κ1) is 15.6. The van der Waals surface area contributed by atoms with Gasteiger partial charge in [-0.2, -0.15) is 0 Å². The van der Waals surface area contributed by atoms with Crippen LogP contribution in [0.2, 0.25) is 0 Å². The standard InChI is InChI=1S/C17H18F3N/c1-11(9-13-5-3-4-6-16(13)19)21-12(2)15-8-7-14(18)10-17(15)20/h3-8,10-12,21H,9H2,1-2H3. The molecule has 2 unspecified atom stereocenters. The lowest BCUT2D eigenvalue weighted by molar-refractivity contribution is 0.452. The van der Waals surface area contributed by atoms with Crippen molar-refractivity contribution in [2.75, 3.05) is 0 Å². The highest BCUT2D eigenvalue weighted by atomic mass is 19.1. The predicted molar refractivity (Wildman–Crippen MR) is 77.5 cm³/mol. The van der Waals surface area contributed by atoms with Crippen molar-refractivity contribution in [2.24, 2.45) is 0 Å². The summed E-state index contributed by atoms with van der Waals surface area (Å²) in [5.74, 6) is -1.41. The van der Waals surface area contributed by atoms with Crippen LogP contribution < -0.4 is 5.32 Å². The summed E-state index contributed by atoms with van der Waals surface area (Å²) in [6, 6.07) is 9.79. The average Bonchev–Trinajstić information content (AvgIpc) is 2.41. The molecule has 0 aliphatic rings. The Bertz CT molecular complexity index is 613. The zero-order chi connectivity index (χ0) is 15.4. The number of halogens is 3. The van der Waals surface area contributed by atoms with Crippen molar-refractivity contribution in [2.45, 2.75) is 32.4 Å².